The van der Waals surface area contributed by atoms with Crippen molar-refractivity contribution in [3.05, 3.63) is 38.3 Å². The van der Waals surface area contributed by atoms with E-state index in [0.717, 1.165) is 0 Å². The van der Waals surface area contributed by atoms with Crippen LogP contribution >= 0.6 is 15.9 Å². The number of aliphatic hydroxyl groups excluding tert-OH is 1. The van der Waals surface area contributed by atoms with Crippen LogP contribution in [0.5, 0.6) is 0 Å². The van der Waals surface area contributed by atoms with Crippen molar-refractivity contribution in [2.75, 3.05) is 0 Å². The first-order valence-corrected chi connectivity index (χ1v) is 3.98. The summed E-state index contributed by atoms with van der Waals surface area (Å²) in [7, 11) is 0. The highest BCUT2D eigenvalue weighted by molar-refractivity contribution is 9.10. The lowest BCUT2D eigenvalue weighted by Crippen LogP contribution is -1.90. The predicted octanol–water partition coefficient (Wildman–Crippen LogP) is 1.85. The molecule has 0 atom stereocenters. The van der Waals surface area contributed by atoms with Gasteiger partial charge in [-0.25, -0.2) is 0 Å². The van der Waals surface area contributed by atoms with Gasteiger partial charge in [0, 0.05) is 16.6 Å². The molecule has 1 N–H and O–H groups in total. The molecule has 1 rings (SSSR count). The largest absolute Gasteiger partial charge is 0.392 e. The number of hydrogen-bond donors (Lipinski definition) is 1. The van der Waals surface area contributed by atoms with Crippen LogP contribution in [-0.4, -0.2) is 10.0 Å². The number of non-ortho nitro benzene ring substituents is 1. The zero-order valence-electron chi connectivity index (χ0n) is 6.03. The second-order valence-electron chi connectivity index (χ2n) is 2.19. The molecule has 0 aliphatic carbocycles. The molecular weight excluding hydrogens is 226 g/mol. The van der Waals surface area contributed by atoms with Crippen LogP contribution in [0.25, 0.3) is 0 Å². The third-order valence-corrected chi connectivity index (χ3v) is 2.16. The van der Waals surface area contributed by atoms with Gasteiger partial charge in [-0.15, -0.1) is 0 Å². The van der Waals surface area contributed by atoms with E-state index in [-0.39, 0.29) is 12.3 Å². The van der Waals surface area contributed by atoms with E-state index in [9.17, 15) is 10.1 Å². The normalized spacial score (nSPS) is 9.83. The molecule has 64 valence electrons. The lowest BCUT2D eigenvalue weighted by atomic mass is 10.2. The van der Waals surface area contributed by atoms with E-state index < -0.39 is 4.92 Å². The molecule has 0 saturated carbocycles. The van der Waals surface area contributed by atoms with Crippen molar-refractivity contribution in [2.45, 2.75) is 6.61 Å². The Morgan fingerprint density at radius 1 is 1.58 bits per heavy atom. The van der Waals surface area contributed by atoms with Crippen LogP contribution in [0.4, 0.5) is 5.69 Å². The van der Waals surface area contributed by atoms with Crippen molar-refractivity contribution >= 4 is 21.6 Å². The summed E-state index contributed by atoms with van der Waals surface area (Å²) in [5.41, 5.74) is 0.652. The Hall–Kier alpha value is -0.940. The number of aliphatic hydroxyl groups is 1. The van der Waals surface area contributed by atoms with E-state index >= 15 is 0 Å². The van der Waals surface area contributed by atoms with E-state index in [1.807, 2.05) is 0 Å². The maximum atomic E-state index is 10.3. The molecule has 0 aliphatic rings. The minimum atomic E-state index is -0.480. The van der Waals surface area contributed by atoms with Gasteiger partial charge in [-0.3, -0.25) is 10.1 Å². The van der Waals surface area contributed by atoms with Crippen LogP contribution in [0.15, 0.2) is 22.7 Å². The molecule has 0 fully saturated rings. The van der Waals surface area contributed by atoms with E-state index in [0.29, 0.717) is 10.0 Å². The second kappa shape index (κ2) is 3.64. The Morgan fingerprint density at radius 3 is 2.67 bits per heavy atom. The highest BCUT2D eigenvalue weighted by Crippen LogP contribution is 2.22. The summed E-state index contributed by atoms with van der Waals surface area (Å²) < 4.78 is 0.555. The first-order valence-electron chi connectivity index (χ1n) is 3.19. The molecule has 5 heteroatoms. The van der Waals surface area contributed by atoms with Crippen molar-refractivity contribution in [1.82, 2.24) is 0 Å². The number of hydrogen-bond acceptors (Lipinski definition) is 3. The molecule has 0 spiro atoms. The fourth-order valence-corrected chi connectivity index (χ4v) is 1.27. The summed E-state index contributed by atoms with van der Waals surface area (Å²) in [6.45, 7) is -0.126. The molecule has 0 aromatic heterocycles. The van der Waals surface area contributed by atoms with Crippen LogP contribution in [0.2, 0.25) is 0 Å². The monoisotopic (exact) mass is 231 g/mol. The lowest BCUT2D eigenvalue weighted by Gasteiger charge is -1.98. The smallest absolute Gasteiger partial charge is 0.270 e. The Labute approximate surface area is 77.1 Å². The molecular formula is C7H6BrNO3. The number of nitro benzene ring substituents is 1. The summed E-state index contributed by atoms with van der Waals surface area (Å²) in [5, 5.41) is 19.0. The van der Waals surface area contributed by atoms with Gasteiger partial charge in [0.2, 0.25) is 0 Å². The zero-order valence-corrected chi connectivity index (χ0v) is 7.61. The first kappa shape index (κ1) is 9.15. The highest BCUT2D eigenvalue weighted by Gasteiger charge is 2.07. The van der Waals surface area contributed by atoms with Gasteiger partial charge in [-0.2, -0.15) is 0 Å². The molecule has 1 aromatic rings. The molecule has 1 aromatic carbocycles. The average Bonchev–Trinajstić information content (AvgIpc) is 2.04. The number of benzene rings is 1. The molecule has 0 aliphatic heterocycles. The van der Waals surface area contributed by atoms with Gasteiger partial charge >= 0.3 is 0 Å². The Balaban J connectivity index is 3.10. The van der Waals surface area contributed by atoms with Crippen molar-refractivity contribution in [1.29, 1.82) is 0 Å². The summed E-state index contributed by atoms with van der Waals surface area (Å²) in [4.78, 5) is 9.79. The predicted molar refractivity (Wildman–Crippen MR) is 46.7 cm³/mol. The van der Waals surface area contributed by atoms with Crippen LogP contribution in [0.1, 0.15) is 5.56 Å². The quantitative estimate of drug-likeness (QED) is 0.625. The van der Waals surface area contributed by atoms with Gasteiger partial charge in [0.05, 0.1) is 11.5 Å². The molecule has 0 bridgehead atoms. The third kappa shape index (κ3) is 1.80. The number of rotatable bonds is 2. The highest BCUT2D eigenvalue weighted by atomic mass is 79.9. The minimum Gasteiger partial charge on any atom is -0.392 e. The summed E-state index contributed by atoms with van der Waals surface area (Å²) >= 11 is 3.11. The van der Waals surface area contributed by atoms with Gasteiger partial charge in [-0.1, -0.05) is 15.9 Å². The van der Waals surface area contributed by atoms with E-state index in [2.05, 4.69) is 15.9 Å². The number of nitro groups is 1. The van der Waals surface area contributed by atoms with Crippen LogP contribution in [0.3, 0.4) is 0 Å². The van der Waals surface area contributed by atoms with E-state index in [1.165, 1.54) is 18.2 Å². The Kier molecular flexibility index (Phi) is 2.78. The van der Waals surface area contributed by atoms with E-state index in [4.69, 9.17) is 5.11 Å². The molecule has 12 heavy (non-hydrogen) atoms. The van der Waals surface area contributed by atoms with Gasteiger partial charge in [0.25, 0.3) is 5.69 Å². The van der Waals surface area contributed by atoms with Crippen LogP contribution in [0, 0.1) is 10.1 Å². The second-order valence-corrected chi connectivity index (χ2v) is 3.05. The van der Waals surface area contributed by atoms with Crippen molar-refractivity contribution < 1.29 is 10.0 Å². The van der Waals surface area contributed by atoms with Gasteiger partial charge in [0.1, 0.15) is 0 Å². The molecule has 0 unspecified atom stereocenters. The molecule has 0 saturated heterocycles. The standard InChI is InChI=1S/C7H6BrNO3/c8-7-3-6(9(11)12)2-1-5(7)4-10/h1-3,10H,4H2. The molecule has 0 radical (unpaired) electrons. The van der Waals surface area contributed by atoms with Gasteiger partial charge < -0.3 is 5.11 Å². The maximum Gasteiger partial charge on any atom is 0.270 e. The Morgan fingerprint density at radius 2 is 2.25 bits per heavy atom. The SMILES string of the molecule is O=[N+]([O-])c1ccc(CO)c(Br)c1. The summed E-state index contributed by atoms with van der Waals surface area (Å²) in [5.74, 6) is 0. The molecule has 0 heterocycles. The van der Waals surface area contributed by atoms with Crippen molar-refractivity contribution in [3.63, 3.8) is 0 Å². The van der Waals surface area contributed by atoms with Gasteiger partial charge in [0.15, 0.2) is 0 Å². The first-order chi connectivity index (χ1) is 5.65. The fourth-order valence-electron chi connectivity index (χ4n) is 0.778. The van der Waals surface area contributed by atoms with Crippen molar-refractivity contribution in [2.24, 2.45) is 0 Å². The molecule has 0 amide bonds. The lowest BCUT2D eigenvalue weighted by molar-refractivity contribution is -0.384. The number of nitrogens with zero attached hydrogens (tertiary/aromatic N) is 1. The minimum absolute atomic E-state index is 0.0130. The number of halogens is 1. The van der Waals surface area contributed by atoms with Gasteiger partial charge in [-0.05, 0) is 11.6 Å². The summed E-state index contributed by atoms with van der Waals surface area (Å²) in [6, 6.07) is 4.24. The van der Waals surface area contributed by atoms with Crippen LogP contribution < -0.4 is 0 Å². The van der Waals surface area contributed by atoms with Crippen molar-refractivity contribution in [3.8, 4) is 0 Å². The topological polar surface area (TPSA) is 63.4 Å². The van der Waals surface area contributed by atoms with E-state index in [1.54, 1.807) is 0 Å². The fraction of sp³-hybridized carbons (Fsp3) is 0.143. The average molecular weight is 232 g/mol. The maximum absolute atomic E-state index is 10.3. The Bertz CT molecular complexity index is 314. The molecule has 4 nitrogen and oxygen atoms in total. The summed E-state index contributed by atoms with van der Waals surface area (Å²) in [6.07, 6.45) is 0. The third-order valence-electron chi connectivity index (χ3n) is 1.42. The zero-order chi connectivity index (χ0) is 9.14. The van der Waals surface area contributed by atoms with Crippen LogP contribution in [-0.2, 0) is 6.61 Å².